The summed E-state index contributed by atoms with van der Waals surface area (Å²) in [6, 6.07) is 19.4. The van der Waals surface area contributed by atoms with Crippen molar-refractivity contribution in [2.75, 3.05) is 37.0 Å². The first-order chi connectivity index (χ1) is 16.7. The number of methoxy groups -OCH3 is 1. The predicted octanol–water partition coefficient (Wildman–Crippen LogP) is 5.07. The van der Waals surface area contributed by atoms with Crippen LogP contribution in [0.5, 0.6) is 5.75 Å². The first-order valence-electron chi connectivity index (χ1n) is 11.9. The van der Waals surface area contributed by atoms with Gasteiger partial charge in [-0.1, -0.05) is 12.1 Å². The highest BCUT2D eigenvalue weighted by molar-refractivity contribution is 6.03. The number of nitrogens with one attached hydrogen (secondary N) is 1. The summed E-state index contributed by atoms with van der Waals surface area (Å²) < 4.78 is 10.9. The second kappa shape index (κ2) is 10.0. The molecule has 1 amide bonds. The number of benzene rings is 2. The Kier molecular flexibility index (Phi) is 6.51. The molecule has 2 aromatic carbocycles. The first kappa shape index (κ1) is 22.1. The third-order valence-electron chi connectivity index (χ3n) is 6.49. The average molecular weight is 459 g/mol. The van der Waals surface area contributed by atoms with E-state index >= 15 is 0 Å². The van der Waals surface area contributed by atoms with E-state index in [2.05, 4.69) is 22.3 Å². The van der Waals surface area contributed by atoms with Gasteiger partial charge < -0.3 is 19.4 Å². The summed E-state index contributed by atoms with van der Waals surface area (Å²) in [6.45, 7) is 2.26. The van der Waals surface area contributed by atoms with Gasteiger partial charge >= 0.3 is 0 Å². The lowest BCUT2D eigenvalue weighted by molar-refractivity contribution is -0.131. The number of ether oxygens (including phenoxy) is 1. The maximum Gasteiger partial charge on any atom is 0.262 e. The second-order valence-electron chi connectivity index (χ2n) is 8.67. The molecule has 5 rings (SSSR count). The summed E-state index contributed by atoms with van der Waals surface area (Å²) in [7, 11) is 1.64. The molecule has 1 N–H and O–H groups in total. The smallest absolute Gasteiger partial charge is 0.262 e. The standard InChI is InChI=1S/C27H30N4O3/c1-33-21-13-11-20(12-14-21)23-18-25(26-10-7-17-34-26)31(29-23)27(32)19-28-22-8-3-4-9-24(22)30-15-5-2-6-16-30/h3-4,7-14,17,25,28H,2,5-6,15-16,18-19H2,1H3/t25-/m0/s1. The van der Waals surface area contributed by atoms with Crippen LogP contribution in [-0.2, 0) is 4.79 Å². The predicted molar refractivity (Wildman–Crippen MR) is 133 cm³/mol. The van der Waals surface area contributed by atoms with Gasteiger partial charge in [-0.25, -0.2) is 5.01 Å². The maximum absolute atomic E-state index is 13.4. The van der Waals surface area contributed by atoms with Gasteiger partial charge in [0.1, 0.15) is 17.6 Å². The van der Waals surface area contributed by atoms with E-state index in [0.717, 1.165) is 47.2 Å². The van der Waals surface area contributed by atoms with Gasteiger partial charge in [-0.2, -0.15) is 5.10 Å². The van der Waals surface area contributed by atoms with Crippen LogP contribution >= 0.6 is 0 Å². The molecule has 3 aromatic rings. The molecule has 0 aliphatic carbocycles. The Labute approximate surface area is 200 Å². The third kappa shape index (κ3) is 4.64. The van der Waals surface area contributed by atoms with Crippen molar-refractivity contribution in [2.45, 2.75) is 31.7 Å². The minimum Gasteiger partial charge on any atom is -0.497 e. The molecule has 1 saturated heterocycles. The van der Waals surface area contributed by atoms with Crippen molar-refractivity contribution >= 4 is 23.0 Å². The minimum absolute atomic E-state index is 0.0987. The number of hydrogen-bond donors (Lipinski definition) is 1. The number of piperidine rings is 1. The van der Waals surface area contributed by atoms with Crippen molar-refractivity contribution in [3.8, 4) is 5.75 Å². The van der Waals surface area contributed by atoms with Crippen molar-refractivity contribution in [3.63, 3.8) is 0 Å². The molecular weight excluding hydrogens is 428 g/mol. The monoisotopic (exact) mass is 458 g/mol. The van der Waals surface area contributed by atoms with E-state index in [-0.39, 0.29) is 18.5 Å². The van der Waals surface area contributed by atoms with Crippen molar-refractivity contribution in [1.29, 1.82) is 0 Å². The lowest BCUT2D eigenvalue weighted by Crippen LogP contribution is -2.33. The highest BCUT2D eigenvalue weighted by Crippen LogP contribution is 2.34. The van der Waals surface area contributed by atoms with Crippen LogP contribution in [0.3, 0.4) is 0 Å². The molecule has 0 unspecified atom stereocenters. The van der Waals surface area contributed by atoms with E-state index < -0.39 is 0 Å². The summed E-state index contributed by atoms with van der Waals surface area (Å²) in [5.74, 6) is 1.42. The van der Waals surface area contributed by atoms with Crippen LogP contribution in [0.4, 0.5) is 11.4 Å². The van der Waals surface area contributed by atoms with Gasteiger partial charge in [0.25, 0.3) is 5.91 Å². The Morgan fingerprint density at radius 1 is 1.06 bits per heavy atom. The van der Waals surface area contributed by atoms with Gasteiger partial charge in [-0.3, -0.25) is 4.79 Å². The molecule has 0 bridgehead atoms. The third-order valence-corrected chi connectivity index (χ3v) is 6.49. The van der Waals surface area contributed by atoms with Crippen LogP contribution < -0.4 is 15.0 Å². The first-order valence-corrected chi connectivity index (χ1v) is 11.9. The van der Waals surface area contributed by atoms with Crippen LogP contribution in [0.2, 0.25) is 0 Å². The maximum atomic E-state index is 13.4. The summed E-state index contributed by atoms with van der Waals surface area (Å²) in [4.78, 5) is 15.8. The van der Waals surface area contributed by atoms with Crippen molar-refractivity contribution in [1.82, 2.24) is 5.01 Å². The van der Waals surface area contributed by atoms with Crippen LogP contribution in [0.25, 0.3) is 0 Å². The van der Waals surface area contributed by atoms with Crippen molar-refractivity contribution in [3.05, 3.63) is 78.3 Å². The van der Waals surface area contributed by atoms with Gasteiger partial charge in [-0.15, -0.1) is 0 Å². The number of rotatable bonds is 7. The molecule has 0 spiro atoms. The van der Waals surface area contributed by atoms with Gasteiger partial charge in [0, 0.05) is 19.5 Å². The fourth-order valence-electron chi connectivity index (χ4n) is 4.69. The van der Waals surface area contributed by atoms with E-state index in [0.29, 0.717) is 6.42 Å². The number of hydrazone groups is 1. The van der Waals surface area contributed by atoms with Crippen LogP contribution in [0.15, 0.2) is 76.4 Å². The number of hydrogen-bond acceptors (Lipinski definition) is 6. The van der Waals surface area contributed by atoms with Crippen LogP contribution in [0, 0.1) is 0 Å². The normalized spacial score (nSPS) is 18.0. The van der Waals surface area contributed by atoms with Gasteiger partial charge in [0.05, 0.1) is 37.0 Å². The molecule has 3 heterocycles. The quantitative estimate of drug-likeness (QED) is 0.535. The van der Waals surface area contributed by atoms with E-state index in [1.54, 1.807) is 18.4 Å². The summed E-state index contributed by atoms with van der Waals surface area (Å²) in [5.41, 5.74) is 3.95. The van der Waals surface area contributed by atoms with Gasteiger partial charge in [0.2, 0.25) is 0 Å². The molecule has 176 valence electrons. The molecule has 7 heteroatoms. The lowest BCUT2D eigenvalue weighted by Gasteiger charge is -2.30. The Hall–Kier alpha value is -3.74. The molecule has 0 radical (unpaired) electrons. The van der Waals surface area contributed by atoms with Gasteiger partial charge in [0.15, 0.2) is 0 Å². The Bertz CT molecular complexity index is 1130. The SMILES string of the molecule is COc1ccc(C2=NN(C(=O)CNc3ccccc3N3CCCCC3)[C@H](c3ccco3)C2)cc1. The highest BCUT2D eigenvalue weighted by Gasteiger charge is 2.34. The van der Waals surface area contributed by atoms with Crippen molar-refractivity contribution in [2.24, 2.45) is 5.10 Å². The molecule has 1 atom stereocenters. The number of carbonyl (C=O) groups is 1. The van der Waals surface area contributed by atoms with E-state index in [1.165, 1.54) is 19.3 Å². The molecule has 0 saturated carbocycles. The Morgan fingerprint density at radius 3 is 2.59 bits per heavy atom. The second-order valence-corrected chi connectivity index (χ2v) is 8.67. The minimum atomic E-state index is -0.265. The fraction of sp³-hybridized carbons (Fsp3) is 0.333. The zero-order valence-electron chi connectivity index (χ0n) is 19.4. The van der Waals surface area contributed by atoms with Gasteiger partial charge in [-0.05, 0) is 73.4 Å². The molecule has 34 heavy (non-hydrogen) atoms. The van der Waals surface area contributed by atoms with Crippen LogP contribution in [0.1, 0.15) is 43.0 Å². The number of amides is 1. The number of anilines is 2. The topological polar surface area (TPSA) is 70.3 Å². The van der Waals surface area contributed by atoms with E-state index in [1.807, 2.05) is 48.5 Å². The molecule has 1 fully saturated rings. The summed E-state index contributed by atoms with van der Waals surface area (Å²) in [5, 5.41) is 9.66. The largest absolute Gasteiger partial charge is 0.497 e. The lowest BCUT2D eigenvalue weighted by atomic mass is 10.0. The number of nitrogens with zero attached hydrogens (tertiary/aromatic N) is 3. The Balaban J connectivity index is 1.34. The molecular formula is C27H30N4O3. The number of furan rings is 1. The molecule has 1 aromatic heterocycles. The summed E-state index contributed by atoms with van der Waals surface area (Å²) >= 11 is 0. The molecule has 2 aliphatic rings. The summed E-state index contributed by atoms with van der Waals surface area (Å²) in [6.07, 6.45) is 5.91. The highest BCUT2D eigenvalue weighted by atomic mass is 16.5. The molecule has 2 aliphatic heterocycles. The zero-order valence-corrected chi connectivity index (χ0v) is 19.4. The van der Waals surface area contributed by atoms with Crippen LogP contribution in [-0.4, -0.2) is 43.4 Å². The number of carbonyl (C=O) groups excluding carboxylic acids is 1. The average Bonchev–Trinajstić information content (AvgIpc) is 3.58. The van der Waals surface area contributed by atoms with E-state index in [9.17, 15) is 4.79 Å². The zero-order chi connectivity index (χ0) is 23.3. The Morgan fingerprint density at radius 2 is 1.85 bits per heavy atom. The molecule has 7 nitrogen and oxygen atoms in total. The number of para-hydroxylation sites is 2. The van der Waals surface area contributed by atoms with E-state index in [4.69, 9.17) is 14.3 Å². The van der Waals surface area contributed by atoms with Crippen molar-refractivity contribution < 1.29 is 13.9 Å². The fourth-order valence-corrected chi connectivity index (χ4v) is 4.69.